The van der Waals surface area contributed by atoms with Crippen LogP contribution in [0.5, 0.6) is 0 Å². The fraction of sp³-hybridized carbons (Fsp3) is 0.375. The van der Waals surface area contributed by atoms with Crippen LogP contribution in [-0.2, 0) is 20.7 Å². The molecule has 1 heterocycles. The SMILES string of the molecule is COC(=O)CSCC(=O)Nc1ccc(C(=O)N2CCN(CCc3ccc(Cl)cc3)CC2)cc1. The normalized spacial score (nSPS) is 14.1. The van der Waals surface area contributed by atoms with Crippen LogP contribution in [-0.4, -0.2) is 78.9 Å². The molecule has 1 N–H and O–H groups in total. The zero-order valence-corrected chi connectivity index (χ0v) is 20.2. The minimum atomic E-state index is -0.363. The number of hydrogen-bond acceptors (Lipinski definition) is 6. The molecule has 1 aliphatic rings. The molecule has 0 bridgehead atoms. The molecule has 33 heavy (non-hydrogen) atoms. The third-order valence-electron chi connectivity index (χ3n) is 5.39. The van der Waals surface area contributed by atoms with Gasteiger partial charge in [-0.2, -0.15) is 0 Å². The number of nitrogens with one attached hydrogen (secondary N) is 1. The van der Waals surface area contributed by atoms with Crippen molar-refractivity contribution in [3.8, 4) is 0 Å². The van der Waals surface area contributed by atoms with Crippen molar-refractivity contribution in [1.29, 1.82) is 0 Å². The molecule has 0 saturated carbocycles. The van der Waals surface area contributed by atoms with E-state index in [-0.39, 0.29) is 29.3 Å². The summed E-state index contributed by atoms with van der Waals surface area (Å²) < 4.78 is 4.54. The molecular formula is C24H28ClN3O4S. The van der Waals surface area contributed by atoms with Crippen molar-refractivity contribution in [2.75, 3.05) is 56.7 Å². The summed E-state index contributed by atoms with van der Waals surface area (Å²) in [7, 11) is 1.31. The van der Waals surface area contributed by atoms with Gasteiger partial charge < -0.3 is 15.0 Å². The van der Waals surface area contributed by atoms with Gasteiger partial charge in [0, 0.05) is 49.0 Å². The average molecular weight is 490 g/mol. The third-order valence-corrected chi connectivity index (χ3v) is 6.54. The summed E-state index contributed by atoms with van der Waals surface area (Å²) in [6.45, 7) is 4.02. The molecule has 2 aromatic carbocycles. The van der Waals surface area contributed by atoms with Crippen molar-refractivity contribution < 1.29 is 19.1 Å². The van der Waals surface area contributed by atoms with E-state index in [0.717, 1.165) is 31.1 Å². The van der Waals surface area contributed by atoms with Crippen LogP contribution in [0, 0.1) is 0 Å². The number of esters is 1. The molecule has 2 amide bonds. The number of carbonyl (C=O) groups is 3. The largest absolute Gasteiger partial charge is 0.468 e. The lowest BCUT2D eigenvalue weighted by molar-refractivity contribution is -0.137. The number of rotatable bonds is 9. The standard InChI is InChI=1S/C24H28ClN3O4S/c1-32-23(30)17-33-16-22(29)26-21-8-4-19(5-9-21)24(31)28-14-12-27(13-15-28)11-10-18-2-6-20(25)7-3-18/h2-9H,10-17H2,1H3,(H,26,29). The van der Waals surface area contributed by atoms with E-state index in [9.17, 15) is 14.4 Å². The van der Waals surface area contributed by atoms with E-state index >= 15 is 0 Å². The van der Waals surface area contributed by atoms with Gasteiger partial charge in [0.05, 0.1) is 18.6 Å². The number of hydrogen-bond donors (Lipinski definition) is 1. The van der Waals surface area contributed by atoms with Crippen LogP contribution in [0.1, 0.15) is 15.9 Å². The highest BCUT2D eigenvalue weighted by molar-refractivity contribution is 8.00. The highest BCUT2D eigenvalue weighted by Gasteiger charge is 2.22. The Morgan fingerprint density at radius 1 is 0.970 bits per heavy atom. The van der Waals surface area contributed by atoms with Crippen molar-refractivity contribution in [2.24, 2.45) is 0 Å². The Labute approximate surface area is 203 Å². The maximum Gasteiger partial charge on any atom is 0.315 e. The highest BCUT2D eigenvalue weighted by Crippen LogP contribution is 2.15. The Hall–Kier alpha value is -2.55. The van der Waals surface area contributed by atoms with E-state index in [0.29, 0.717) is 24.3 Å². The van der Waals surface area contributed by atoms with E-state index in [1.807, 2.05) is 17.0 Å². The van der Waals surface area contributed by atoms with Crippen molar-refractivity contribution in [1.82, 2.24) is 9.80 Å². The molecule has 176 valence electrons. The Balaban J connectivity index is 1.40. The summed E-state index contributed by atoms with van der Waals surface area (Å²) in [5.41, 5.74) is 2.47. The van der Waals surface area contributed by atoms with Gasteiger partial charge in [-0.05, 0) is 48.4 Å². The van der Waals surface area contributed by atoms with Gasteiger partial charge in [-0.3, -0.25) is 19.3 Å². The van der Waals surface area contributed by atoms with E-state index in [4.69, 9.17) is 11.6 Å². The van der Waals surface area contributed by atoms with E-state index < -0.39 is 0 Å². The molecule has 3 rings (SSSR count). The molecule has 0 spiro atoms. The first-order chi connectivity index (χ1) is 15.9. The lowest BCUT2D eigenvalue weighted by atomic mass is 10.1. The van der Waals surface area contributed by atoms with Crippen LogP contribution in [0.25, 0.3) is 0 Å². The molecule has 0 unspecified atom stereocenters. The topological polar surface area (TPSA) is 78.9 Å². The maximum atomic E-state index is 12.8. The van der Waals surface area contributed by atoms with Gasteiger partial charge in [0.1, 0.15) is 0 Å². The quantitative estimate of drug-likeness (QED) is 0.545. The number of nitrogens with zero attached hydrogens (tertiary/aromatic N) is 2. The van der Waals surface area contributed by atoms with Crippen LogP contribution in [0.15, 0.2) is 48.5 Å². The molecule has 1 fully saturated rings. The highest BCUT2D eigenvalue weighted by atomic mass is 35.5. The Morgan fingerprint density at radius 2 is 1.64 bits per heavy atom. The fourth-order valence-electron chi connectivity index (χ4n) is 3.47. The number of amides is 2. The molecule has 1 aliphatic heterocycles. The number of benzene rings is 2. The van der Waals surface area contributed by atoms with Crippen LogP contribution < -0.4 is 5.32 Å². The fourth-order valence-corrected chi connectivity index (χ4v) is 4.24. The number of carbonyl (C=O) groups excluding carboxylic acids is 3. The lowest BCUT2D eigenvalue weighted by Gasteiger charge is -2.34. The van der Waals surface area contributed by atoms with Gasteiger partial charge in [-0.1, -0.05) is 23.7 Å². The second-order valence-electron chi connectivity index (χ2n) is 7.70. The summed E-state index contributed by atoms with van der Waals surface area (Å²) in [6.07, 6.45) is 0.958. The maximum absolute atomic E-state index is 12.8. The molecule has 0 aromatic heterocycles. The number of halogens is 1. The molecule has 0 aliphatic carbocycles. The van der Waals surface area contributed by atoms with Crippen LogP contribution in [0.2, 0.25) is 5.02 Å². The molecule has 1 saturated heterocycles. The molecule has 0 radical (unpaired) electrons. The minimum Gasteiger partial charge on any atom is -0.468 e. The number of methoxy groups -OCH3 is 1. The summed E-state index contributed by atoms with van der Waals surface area (Å²) in [5, 5.41) is 3.51. The Bertz CT molecular complexity index is 945. The predicted octanol–water partition coefficient (Wildman–Crippen LogP) is 3.19. The minimum absolute atomic E-state index is 0.00105. The van der Waals surface area contributed by atoms with Crippen molar-refractivity contribution in [3.05, 3.63) is 64.7 Å². The molecule has 2 aromatic rings. The zero-order valence-electron chi connectivity index (χ0n) is 18.6. The second-order valence-corrected chi connectivity index (χ2v) is 9.13. The summed E-state index contributed by atoms with van der Waals surface area (Å²) in [4.78, 5) is 40.1. The first-order valence-electron chi connectivity index (χ1n) is 10.7. The zero-order chi connectivity index (χ0) is 23.6. The second kappa shape index (κ2) is 12.6. The third kappa shape index (κ3) is 8.07. The van der Waals surface area contributed by atoms with Gasteiger partial charge in [-0.25, -0.2) is 0 Å². The monoisotopic (exact) mass is 489 g/mol. The van der Waals surface area contributed by atoms with Gasteiger partial charge in [0.25, 0.3) is 5.91 Å². The summed E-state index contributed by atoms with van der Waals surface area (Å²) in [5.74, 6) is -0.293. The van der Waals surface area contributed by atoms with Crippen LogP contribution in [0.3, 0.4) is 0 Å². The van der Waals surface area contributed by atoms with Crippen molar-refractivity contribution in [2.45, 2.75) is 6.42 Å². The number of anilines is 1. The van der Waals surface area contributed by atoms with E-state index in [1.54, 1.807) is 24.3 Å². The lowest BCUT2D eigenvalue weighted by Crippen LogP contribution is -2.49. The average Bonchev–Trinajstić information content (AvgIpc) is 2.84. The smallest absolute Gasteiger partial charge is 0.315 e. The van der Waals surface area contributed by atoms with Gasteiger partial charge in [0.15, 0.2) is 0 Å². The molecule has 0 atom stereocenters. The molecular weight excluding hydrogens is 462 g/mol. The Morgan fingerprint density at radius 3 is 2.27 bits per heavy atom. The first kappa shape index (κ1) is 25.1. The number of thioether (sulfide) groups is 1. The first-order valence-corrected chi connectivity index (χ1v) is 12.3. The van der Waals surface area contributed by atoms with E-state index in [1.165, 1.54) is 24.4 Å². The van der Waals surface area contributed by atoms with Gasteiger partial charge in [-0.15, -0.1) is 11.8 Å². The van der Waals surface area contributed by atoms with Crippen molar-refractivity contribution >= 4 is 46.8 Å². The predicted molar refractivity (Wildman–Crippen MR) is 132 cm³/mol. The van der Waals surface area contributed by atoms with Crippen molar-refractivity contribution in [3.63, 3.8) is 0 Å². The number of piperazine rings is 1. The van der Waals surface area contributed by atoms with Crippen LogP contribution >= 0.6 is 23.4 Å². The Kier molecular flexibility index (Phi) is 9.60. The van der Waals surface area contributed by atoms with Crippen LogP contribution in [0.4, 0.5) is 5.69 Å². The number of ether oxygens (including phenoxy) is 1. The molecule has 7 nitrogen and oxygen atoms in total. The van der Waals surface area contributed by atoms with Gasteiger partial charge >= 0.3 is 5.97 Å². The van der Waals surface area contributed by atoms with E-state index in [2.05, 4.69) is 27.1 Å². The molecule has 9 heteroatoms. The summed E-state index contributed by atoms with van der Waals surface area (Å²) >= 11 is 7.12. The summed E-state index contributed by atoms with van der Waals surface area (Å²) in [6, 6.07) is 14.8. The van der Waals surface area contributed by atoms with Gasteiger partial charge in [0.2, 0.25) is 5.91 Å².